The number of hydrogen-bond acceptors (Lipinski definition) is 5. The number of aliphatic hydroxyl groups excluding tert-OH is 3. The molecule has 2 aliphatic heterocycles. The molecule has 0 amide bonds. The molecule has 3 aliphatic rings. The van der Waals surface area contributed by atoms with Gasteiger partial charge in [0.1, 0.15) is 24.1 Å². The molecular weight excluding hydrogens is 392 g/mol. The van der Waals surface area contributed by atoms with E-state index >= 15 is 0 Å². The third-order valence-electron chi connectivity index (χ3n) is 6.33. The molecule has 2 fully saturated rings. The summed E-state index contributed by atoms with van der Waals surface area (Å²) in [7, 11) is 0. The molecule has 2 heterocycles. The highest BCUT2D eigenvalue weighted by Gasteiger charge is 2.43. The highest BCUT2D eigenvalue weighted by Crippen LogP contribution is 2.44. The molecule has 1 saturated carbocycles. The normalized spacial score (nSPS) is 32.8. The molecule has 154 valence electrons. The number of hydrogen-bond donors (Lipinski definition) is 3. The van der Waals surface area contributed by atoms with Crippen LogP contribution in [-0.2, 0) is 17.6 Å². The first-order valence-corrected chi connectivity index (χ1v) is 10.6. The van der Waals surface area contributed by atoms with E-state index in [4.69, 9.17) is 21.1 Å². The molecule has 5 nitrogen and oxygen atoms in total. The molecule has 5 rings (SSSR count). The molecule has 1 aliphatic carbocycles. The Bertz CT molecular complexity index is 916. The Morgan fingerprint density at radius 1 is 1.07 bits per heavy atom. The molecule has 6 atom stereocenters. The molecule has 6 unspecified atom stereocenters. The van der Waals surface area contributed by atoms with Gasteiger partial charge in [-0.2, -0.15) is 0 Å². The fraction of sp³-hybridized carbons (Fsp3) is 0.478. The number of fused-ring (bicyclic) bond motifs is 2. The Morgan fingerprint density at radius 2 is 1.93 bits per heavy atom. The maximum Gasteiger partial charge on any atom is 0.122 e. The van der Waals surface area contributed by atoms with E-state index in [-0.39, 0.29) is 13.0 Å². The van der Waals surface area contributed by atoms with Crippen molar-refractivity contribution in [1.82, 2.24) is 0 Å². The van der Waals surface area contributed by atoms with Crippen LogP contribution in [0.3, 0.4) is 0 Å². The molecule has 29 heavy (non-hydrogen) atoms. The Hall–Kier alpha value is -1.63. The van der Waals surface area contributed by atoms with Crippen LogP contribution in [0.4, 0.5) is 0 Å². The van der Waals surface area contributed by atoms with Gasteiger partial charge in [0.2, 0.25) is 0 Å². The van der Waals surface area contributed by atoms with Gasteiger partial charge in [-0.3, -0.25) is 0 Å². The lowest BCUT2D eigenvalue weighted by atomic mass is 9.92. The van der Waals surface area contributed by atoms with Crippen LogP contribution in [0.1, 0.15) is 41.2 Å². The minimum atomic E-state index is -1.08. The number of aliphatic hydroxyl groups is 3. The van der Waals surface area contributed by atoms with Crippen molar-refractivity contribution in [1.29, 1.82) is 0 Å². The average molecular weight is 417 g/mol. The van der Waals surface area contributed by atoms with E-state index < -0.39 is 24.4 Å². The summed E-state index contributed by atoms with van der Waals surface area (Å²) in [5.41, 5.74) is 4.32. The summed E-state index contributed by atoms with van der Waals surface area (Å²) in [6, 6.07) is 12.1. The van der Waals surface area contributed by atoms with Crippen molar-refractivity contribution >= 4 is 11.6 Å². The molecular formula is C23H25ClO5. The van der Waals surface area contributed by atoms with Crippen LogP contribution < -0.4 is 4.74 Å². The van der Waals surface area contributed by atoms with Gasteiger partial charge in [0.05, 0.1) is 18.8 Å². The summed E-state index contributed by atoms with van der Waals surface area (Å²) >= 11 is 6.47. The van der Waals surface area contributed by atoms with Gasteiger partial charge < -0.3 is 24.8 Å². The van der Waals surface area contributed by atoms with Crippen molar-refractivity contribution in [3.63, 3.8) is 0 Å². The summed E-state index contributed by atoms with van der Waals surface area (Å²) in [6.45, 7) is -0.339. The quantitative estimate of drug-likeness (QED) is 0.714. The van der Waals surface area contributed by atoms with Crippen LogP contribution >= 0.6 is 11.6 Å². The second kappa shape index (κ2) is 7.56. The van der Waals surface area contributed by atoms with Crippen LogP contribution in [0.5, 0.6) is 5.75 Å². The maximum absolute atomic E-state index is 10.1. The standard InChI is InChI=1S/C23H25ClO5/c24-17-3-2-13(21-10-18(26)23(27)22(11-25)29-21)7-14(17)5-12-1-4-19-15(6-12)8-16-9-20(16)28-19/h1-4,6-7,16,18,20-23,25-27H,5,8-11H2. The first kappa shape index (κ1) is 19.3. The zero-order valence-electron chi connectivity index (χ0n) is 16.0. The van der Waals surface area contributed by atoms with Gasteiger partial charge >= 0.3 is 0 Å². The topological polar surface area (TPSA) is 79.2 Å². The lowest BCUT2D eigenvalue weighted by molar-refractivity contribution is -0.181. The molecule has 0 bridgehead atoms. The predicted molar refractivity (Wildman–Crippen MR) is 108 cm³/mol. The van der Waals surface area contributed by atoms with E-state index in [0.717, 1.165) is 29.7 Å². The van der Waals surface area contributed by atoms with E-state index in [1.165, 1.54) is 11.1 Å². The zero-order valence-corrected chi connectivity index (χ0v) is 16.8. The Balaban J connectivity index is 1.37. The maximum atomic E-state index is 10.1. The molecule has 6 heteroatoms. The fourth-order valence-corrected chi connectivity index (χ4v) is 4.70. The van der Waals surface area contributed by atoms with Gasteiger partial charge in [0.25, 0.3) is 0 Å². The number of benzene rings is 2. The summed E-state index contributed by atoms with van der Waals surface area (Å²) in [5.74, 6) is 1.68. The highest BCUT2D eigenvalue weighted by molar-refractivity contribution is 6.31. The largest absolute Gasteiger partial charge is 0.490 e. The molecule has 0 spiro atoms. The van der Waals surface area contributed by atoms with Crippen molar-refractivity contribution in [3.8, 4) is 5.75 Å². The fourth-order valence-electron chi connectivity index (χ4n) is 4.51. The van der Waals surface area contributed by atoms with Gasteiger partial charge in [-0.05, 0) is 53.6 Å². The van der Waals surface area contributed by atoms with Crippen LogP contribution in [-0.4, -0.2) is 46.3 Å². The first-order chi connectivity index (χ1) is 14.0. The third kappa shape index (κ3) is 3.78. The van der Waals surface area contributed by atoms with Crippen molar-refractivity contribution in [2.24, 2.45) is 5.92 Å². The summed E-state index contributed by atoms with van der Waals surface area (Å²) in [6.07, 6.45) is 0.428. The molecule has 3 N–H and O–H groups in total. The van der Waals surface area contributed by atoms with Gasteiger partial charge in [-0.15, -0.1) is 0 Å². The average Bonchev–Trinajstić information content (AvgIpc) is 3.48. The first-order valence-electron chi connectivity index (χ1n) is 10.2. The molecule has 0 aromatic heterocycles. The molecule has 2 aromatic rings. The smallest absolute Gasteiger partial charge is 0.122 e. The summed E-state index contributed by atoms with van der Waals surface area (Å²) in [5, 5.41) is 30.2. The third-order valence-corrected chi connectivity index (χ3v) is 6.70. The van der Waals surface area contributed by atoms with E-state index in [2.05, 4.69) is 18.2 Å². The van der Waals surface area contributed by atoms with Crippen LogP contribution in [0.2, 0.25) is 5.02 Å². The number of rotatable bonds is 4. The van der Waals surface area contributed by atoms with Crippen molar-refractivity contribution in [2.75, 3.05) is 6.61 Å². The van der Waals surface area contributed by atoms with Gasteiger partial charge in [0.15, 0.2) is 0 Å². The van der Waals surface area contributed by atoms with Crippen molar-refractivity contribution < 1.29 is 24.8 Å². The van der Waals surface area contributed by atoms with Crippen LogP contribution in [0.25, 0.3) is 0 Å². The SMILES string of the molecule is OCC1OC(c2ccc(Cl)c(Cc3ccc4c(c3)CC3CC3O4)c2)CC(O)C1O. The Morgan fingerprint density at radius 3 is 2.76 bits per heavy atom. The van der Waals surface area contributed by atoms with Crippen LogP contribution in [0.15, 0.2) is 36.4 Å². The van der Waals surface area contributed by atoms with Crippen molar-refractivity contribution in [2.45, 2.75) is 56.2 Å². The van der Waals surface area contributed by atoms with Crippen LogP contribution in [0, 0.1) is 5.92 Å². The second-order valence-electron chi connectivity index (χ2n) is 8.47. The minimum absolute atomic E-state index is 0.275. The second-order valence-corrected chi connectivity index (χ2v) is 8.87. The van der Waals surface area contributed by atoms with Gasteiger partial charge in [-0.1, -0.05) is 35.9 Å². The summed E-state index contributed by atoms with van der Waals surface area (Å²) < 4.78 is 11.8. The number of ether oxygens (including phenoxy) is 2. The van der Waals surface area contributed by atoms with Gasteiger partial charge in [-0.25, -0.2) is 0 Å². The Labute approximate surface area is 174 Å². The highest BCUT2D eigenvalue weighted by atomic mass is 35.5. The molecule has 1 saturated heterocycles. The molecule has 2 aromatic carbocycles. The van der Waals surface area contributed by atoms with Gasteiger partial charge in [0, 0.05) is 17.4 Å². The van der Waals surface area contributed by atoms with E-state index in [1.54, 1.807) is 0 Å². The van der Waals surface area contributed by atoms with E-state index in [1.807, 2.05) is 18.2 Å². The zero-order chi connectivity index (χ0) is 20.1. The number of halogens is 1. The lowest BCUT2D eigenvalue weighted by Gasteiger charge is -2.36. The van der Waals surface area contributed by atoms with E-state index in [9.17, 15) is 15.3 Å². The molecule has 0 radical (unpaired) electrons. The lowest BCUT2D eigenvalue weighted by Crippen LogP contribution is -2.47. The monoisotopic (exact) mass is 416 g/mol. The minimum Gasteiger partial charge on any atom is -0.490 e. The van der Waals surface area contributed by atoms with Crippen molar-refractivity contribution in [3.05, 3.63) is 63.7 Å². The van der Waals surface area contributed by atoms with E-state index in [0.29, 0.717) is 23.5 Å². The predicted octanol–water partition coefficient (Wildman–Crippen LogP) is 2.80. The Kier molecular flexibility index (Phi) is 5.04. The summed E-state index contributed by atoms with van der Waals surface area (Å²) in [4.78, 5) is 0.